The van der Waals surface area contributed by atoms with Crippen LogP contribution in [0.15, 0.2) is 47.7 Å². The van der Waals surface area contributed by atoms with Gasteiger partial charge in [-0.2, -0.15) is 14.9 Å². The first-order valence-corrected chi connectivity index (χ1v) is 9.71. The summed E-state index contributed by atoms with van der Waals surface area (Å²) in [6.45, 7) is 1.68. The summed E-state index contributed by atoms with van der Waals surface area (Å²) < 4.78 is 1.75. The molecule has 4 rings (SSSR count). The number of rotatable bonds is 5. The summed E-state index contributed by atoms with van der Waals surface area (Å²) in [6, 6.07) is 10.6. The summed E-state index contributed by atoms with van der Waals surface area (Å²) in [5.74, 6) is 0.464. The Morgan fingerprint density at radius 3 is 2.76 bits per heavy atom. The average molecular weight is 409 g/mol. The molecule has 2 aromatic heterocycles. The lowest BCUT2D eigenvalue weighted by molar-refractivity contribution is -0.384. The molecule has 148 valence electrons. The molecule has 0 atom stereocenters. The Labute approximate surface area is 171 Å². The maximum absolute atomic E-state index is 11.6. The van der Waals surface area contributed by atoms with Gasteiger partial charge in [0, 0.05) is 30.9 Å². The second-order valence-electron chi connectivity index (χ2n) is 6.68. The second kappa shape index (κ2) is 8.31. The van der Waals surface area contributed by atoms with E-state index < -0.39 is 0 Å². The second-order valence-corrected chi connectivity index (χ2v) is 7.06. The highest BCUT2D eigenvalue weighted by Gasteiger charge is 2.21. The van der Waals surface area contributed by atoms with Crippen LogP contribution in [0.1, 0.15) is 24.8 Å². The minimum absolute atomic E-state index is 0.0802. The van der Waals surface area contributed by atoms with Gasteiger partial charge < -0.3 is 4.90 Å². The van der Waals surface area contributed by atoms with Crippen molar-refractivity contribution >= 4 is 29.8 Å². The van der Waals surface area contributed by atoms with Gasteiger partial charge in [-0.25, -0.2) is 5.10 Å². The number of H-pyrrole nitrogens is 1. The van der Waals surface area contributed by atoms with Crippen molar-refractivity contribution in [2.75, 3.05) is 18.0 Å². The van der Waals surface area contributed by atoms with Crippen LogP contribution >= 0.6 is 12.2 Å². The third-order valence-electron chi connectivity index (χ3n) is 4.76. The number of hydrogen-bond acceptors (Lipinski definition) is 7. The summed E-state index contributed by atoms with van der Waals surface area (Å²) in [4.78, 5) is 17.6. The molecule has 0 amide bonds. The maximum atomic E-state index is 11.6. The molecule has 1 fully saturated rings. The summed E-state index contributed by atoms with van der Waals surface area (Å²) >= 11 is 5.25. The van der Waals surface area contributed by atoms with E-state index in [0.29, 0.717) is 27.5 Å². The number of hydrogen-bond donors (Lipinski definition) is 1. The Morgan fingerprint density at radius 1 is 1.21 bits per heavy atom. The molecule has 29 heavy (non-hydrogen) atoms. The molecule has 9 nitrogen and oxygen atoms in total. The fourth-order valence-electron chi connectivity index (χ4n) is 3.35. The Bertz CT molecular complexity index is 1100. The van der Waals surface area contributed by atoms with Gasteiger partial charge in [-0.05, 0) is 49.7 Å². The van der Waals surface area contributed by atoms with Crippen molar-refractivity contribution in [3.8, 4) is 11.5 Å². The molecular weight excluding hydrogens is 390 g/mol. The molecule has 0 saturated carbocycles. The van der Waals surface area contributed by atoms with E-state index in [-0.39, 0.29) is 10.6 Å². The van der Waals surface area contributed by atoms with Crippen LogP contribution in [0.5, 0.6) is 0 Å². The van der Waals surface area contributed by atoms with Crippen molar-refractivity contribution in [1.29, 1.82) is 0 Å². The first-order valence-electron chi connectivity index (χ1n) is 9.30. The van der Waals surface area contributed by atoms with Crippen molar-refractivity contribution < 1.29 is 4.92 Å². The first-order chi connectivity index (χ1) is 14.1. The molecule has 0 bridgehead atoms. The number of benzene rings is 1. The molecule has 0 unspecified atom stereocenters. The van der Waals surface area contributed by atoms with E-state index in [1.807, 2.05) is 12.1 Å². The van der Waals surface area contributed by atoms with Crippen LogP contribution in [0.3, 0.4) is 0 Å². The van der Waals surface area contributed by atoms with Crippen LogP contribution in [-0.4, -0.2) is 44.1 Å². The molecule has 0 radical (unpaired) electrons. The minimum Gasteiger partial charge on any atom is -0.366 e. The fraction of sp³-hybridized carbons (Fsp3) is 0.263. The van der Waals surface area contributed by atoms with Gasteiger partial charge in [0.05, 0.1) is 11.1 Å². The molecule has 1 aromatic carbocycles. The van der Waals surface area contributed by atoms with Gasteiger partial charge in [0.15, 0.2) is 0 Å². The largest absolute Gasteiger partial charge is 0.366 e. The van der Waals surface area contributed by atoms with Gasteiger partial charge in [0.1, 0.15) is 11.4 Å². The van der Waals surface area contributed by atoms with Crippen molar-refractivity contribution in [1.82, 2.24) is 19.9 Å². The van der Waals surface area contributed by atoms with Crippen LogP contribution in [-0.2, 0) is 0 Å². The molecule has 1 N–H and O–H groups in total. The van der Waals surface area contributed by atoms with E-state index in [1.54, 1.807) is 24.4 Å². The zero-order valence-electron chi connectivity index (χ0n) is 15.6. The number of anilines is 1. The number of aromatic nitrogens is 4. The zero-order chi connectivity index (χ0) is 20.2. The predicted molar refractivity (Wildman–Crippen MR) is 113 cm³/mol. The minimum atomic E-state index is -0.343. The Kier molecular flexibility index (Phi) is 5.43. The van der Waals surface area contributed by atoms with Gasteiger partial charge in [0.25, 0.3) is 5.69 Å². The van der Waals surface area contributed by atoms with Gasteiger partial charge in [-0.15, -0.1) is 0 Å². The van der Waals surface area contributed by atoms with E-state index in [2.05, 4.69) is 25.2 Å². The zero-order valence-corrected chi connectivity index (χ0v) is 16.4. The number of nitro groups is 1. The van der Waals surface area contributed by atoms with Crippen molar-refractivity contribution in [3.05, 3.63) is 63.0 Å². The van der Waals surface area contributed by atoms with Crippen molar-refractivity contribution in [3.63, 3.8) is 0 Å². The first kappa shape index (κ1) is 18.9. The summed E-state index contributed by atoms with van der Waals surface area (Å²) in [7, 11) is 0. The lowest BCUT2D eigenvalue weighted by atomic mass is 10.1. The Balaban J connectivity index is 1.66. The van der Waals surface area contributed by atoms with Crippen molar-refractivity contribution in [2.45, 2.75) is 19.3 Å². The highest BCUT2D eigenvalue weighted by molar-refractivity contribution is 7.71. The third-order valence-corrected chi connectivity index (χ3v) is 5.02. The van der Waals surface area contributed by atoms with Crippen LogP contribution in [0.2, 0.25) is 0 Å². The smallest absolute Gasteiger partial charge is 0.293 e. The molecule has 10 heteroatoms. The van der Waals surface area contributed by atoms with Crippen molar-refractivity contribution in [2.24, 2.45) is 5.10 Å². The molecular formula is C19H19N7O2S. The normalized spacial score (nSPS) is 14.4. The number of piperidine rings is 1. The van der Waals surface area contributed by atoms with Gasteiger partial charge in [-0.3, -0.25) is 15.1 Å². The maximum Gasteiger partial charge on any atom is 0.293 e. The highest BCUT2D eigenvalue weighted by Crippen LogP contribution is 2.31. The molecule has 3 aromatic rings. The van der Waals surface area contributed by atoms with E-state index in [0.717, 1.165) is 25.9 Å². The third kappa shape index (κ3) is 4.06. The molecule has 0 aliphatic carbocycles. The van der Waals surface area contributed by atoms with E-state index in [4.69, 9.17) is 12.2 Å². The number of pyridine rings is 1. The van der Waals surface area contributed by atoms with Gasteiger partial charge in [-0.1, -0.05) is 12.1 Å². The van der Waals surface area contributed by atoms with E-state index >= 15 is 0 Å². The lowest BCUT2D eigenvalue weighted by Crippen LogP contribution is -2.29. The highest BCUT2D eigenvalue weighted by atomic mass is 32.1. The van der Waals surface area contributed by atoms with Crippen LogP contribution in [0.4, 0.5) is 11.4 Å². The summed E-state index contributed by atoms with van der Waals surface area (Å²) in [6.07, 6.45) is 6.46. The van der Waals surface area contributed by atoms with E-state index in [9.17, 15) is 10.1 Å². The predicted octanol–water partition coefficient (Wildman–Crippen LogP) is 3.78. The van der Waals surface area contributed by atoms with Crippen LogP contribution in [0, 0.1) is 14.9 Å². The summed E-state index contributed by atoms with van der Waals surface area (Å²) in [5, 5.41) is 22.9. The number of nitrogens with zero attached hydrogens (tertiary/aromatic N) is 6. The fourth-order valence-corrected chi connectivity index (χ4v) is 3.53. The molecule has 3 heterocycles. The Morgan fingerprint density at radius 2 is 2.03 bits per heavy atom. The number of aromatic amines is 1. The quantitative estimate of drug-likeness (QED) is 0.297. The molecule has 1 saturated heterocycles. The number of nitro benzene ring substituents is 1. The molecule has 1 aliphatic rings. The topological polar surface area (TPSA) is 105 Å². The monoisotopic (exact) mass is 409 g/mol. The molecule has 0 spiro atoms. The van der Waals surface area contributed by atoms with Gasteiger partial charge in [0.2, 0.25) is 10.6 Å². The standard InChI is InChI=1S/C19H19N7O2S/c27-26(28)17-12-14(7-8-16(17)24-10-4-1-5-11-24)13-21-25-18(22-23-19(25)29)15-6-2-3-9-20-15/h2-3,6-9,12-13H,1,4-5,10-11H2,(H,23,29)/b21-13+. The van der Waals surface area contributed by atoms with E-state index in [1.165, 1.54) is 23.4 Å². The SMILES string of the molecule is O=[N+]([O-])c1cc(/C=N/n2c(-c3ccccn3)n[nH]c2=S)ccc1N1CCCCC1. The lowest BCUT2D eigenvalue weighted by Gasteiger charge is -2.28. The summed E-state index contributed by atoms with van der Waals surface area (Å²) in [5.41, 5.74) is 1.95. The molecule has 1 aliphatic heterocycles. The average Bonchev–Trinajstić information content (AvgIpc) is 3.13. The Hall–Kier alpha value is -3.40. The van der Waals surface area contributed by atoms with Gasteiger partial charge >= 0.3 is 0 Å². The number of nitrogens with one attached hydrogen (secondary N) is 1. The van der Waals surface area contributed by atoms with Crippen LogP contribution in [0.25, 0.3) is 11.5 Å². The van der Waals surface area contributed by atoms with Crippen LogP contribution < -0.4 is 4.90 Å².